The van der Waals surface area contributed by atoms with E-state index in [-0.39, 0.29) is 11.7 Å². The zero-order valence-corrected chi connectivity index (χ0v) is 10.3. The van der Waals surface area contributed by atoms with Crippen LogP contribution in [-0.2, 0) is 0 Å². The van der Waals surface area contributed by atoms with E-state index < -0.39 is 0 Å². The highest BCUT2D eigenvalue weighted by Crippen LogP contribution is 2.27. The first-order valence-corrected chi connectivity index (χ1v) is 5.65. The van der Waals surface area contributed by atoms with E-state index >= 15 is 0 Å². The van der Waals surface area contributed by atoms with Crippen molar-refractivity contribution >= 4 is 11.6 Å². The fourth-order valence-electron chi connectivity index (χ4n) is 1.58. The Hall–Kier alpha value is -2.56. The Balaban J connectivity index is 2.35. The van der Waals surface area contributed by atoms with Gasteiger partial charge in [-0.15, -0.1) is 0 Å². The third-order valence-electron chi connectivity index (χ3n) is 2.52. The van der Waals surface area contributed by atoms with Crippen molar-refractivity contribution in [3.05, 3.63) is 53.8 Å². The van der Waals surface area contributed by atoms with Crippen LogP contribution in [0, 0.1) is 5.82 Å². The van der Waals surface area contributed by atoms with Crippen molar-refractivity contribution in [3.63, 3.8) is 0 Å². The minimum Gasteiger partial charge on any atom is -0.456 e. The van der Waals surface area contributed by atoms with Gasteiger partial charge in [0.05, 0.1) is 5.56 Å². The summed E-state index contributed by atoms with van der Waals surface area (Å²) >= 11 is 0. The van der Waals surface area contributed by atoms with Crippen LogP contribution in [-0.4, -0.2) is 13.0 Å². The van der Waals surface area contributed by atoms with E-state index in [1.807, 2.05) is 0 Å². The maximum atomic E-state index is 12.8. The van der Waals surface area contributed by atoms with Crippen LogP contribution >= 0.6 is 0 Å². The second-order valence-corrected chi connectivity index (χ2v) is 3.89. The number of hydrogen-bond donors (Lipinski definition) is 2. The first kappa shape index (κ1) is 12.9. The lowest BCUT2D eigenvalue weighted by atomic mass is 10.1. The van der Waals surface area contributed by atoms with Gasteiger partial charge in [0.25, 0.3) is 5.91 Å². The number of rotatable bonds is 3. The largest absolute Gasteiger partial charge is 0.456 e. The summed E-state index contributed by atoms with van der Waals surface area (Å²) in [4.78, 5) is 11.7. The van der Waals surface area contributed by atoms with Crippen molar-refractivity contribution in [3.8, 4) is 11.5 Å². The Labute approximate surface area is 110 Å². The van der Waals surface area contributed by atoms with E-state index in [2.05, 4.69) is 5.32 Å². The van der Waals surface area contributed by atoms with Gasteiger partial charge < -0.3 is 15.8 Å². The van der Waals surface area contributed by atoms with Crippen LogP contribution in [0.5, 0.6) is 11.5 Å². The normalized spacial score (nSPS) is 10.0. The van der Waals surface area contributed by atoms with Gasteiger partial charge in [0.1, 0.15) is 17.3 Å². The summed E-state index contributed by atoms with van der Waals surface area (Å²) in [6.07, 6.45) is 0. The molecule has 19 heavy (non-hydrogen) atoms. The number of amides is 1. The molecule has 0 radical (unpaired) electrons. The first-order chi connectivity index (χ1) is 9.10. The molecule has 2 rings (SSSR count). The molecule has 4 nitrogen and oxygen atoms in total. The summed E-state index contributed by atoms with van der Waals surface area (Å²) in [5.41, 5.74) is 6.51. The van der Waals surface area contributed by atoms with Crippen LogP contribution in [0.15, 0.2) is 42.5 Å². The zero-order valence-electron chi connectivity index (χ0n) is 10.3. The van der Waals surface area contributed by atoms with Crippen LogP contribution in [0.25, 0.3) is 0 Å². The van der Waals surface area contributed by atoms with Crippen molar-refractivity contribution in [2.45, 2.75) is 0 Å². The molecule has 0 aliphatic heterocycles. The number of nitrogen functional groups attached to an aromatic ring is 1. The summed E-state index contributed by atoms with van der Waals surface area (Å²) in [6, 6.07) is 10.3. The summed E-state index contributed by atoms with van der Waals surface area (Å²) in [7, 11) is 1.53. The molecular formula is C14H13FN2O2. The predicted octanol–water partition coefficient (Wildman–Crippen LogP) is 2.56. The molecule has 3 N–H and O–H groups in total. The van der Waals surface area contributed by atoms with Crippen molar-refractivity contribution in [1.29, 1.82) is 0 Å². The minimum atomic E-state index is -0.355. The first-order valence-electron chi connectivity index (χ1n) is 5.65. The van der Waals surface area contributed by atoms with Gasteiger partial charge in [0.2, 0.25) is 0 Å². The molecule has 0 spiro atoms. The van der Waals surface area contributed by atoms with E-state index in [4.69, 9.17) is 10.5 Å². The van der Waals surface area contributed by atoms with E-state index in [1.165, 1.54) is 31.3 Å². The van der Waals surface area contributed by atoms with E-state index in [9.17, 15) is 9.18 Å². The lowest BCUT2D eigenvalue weighted by Crippen LogP contribution is -2.18. The zero-order chi connectivity index (χ0) is 13.8. The van der Waals surface area contributed by atoms with Gasteiger partial charge in [-0.05, 0) is 36.4 Å². The molecule has 0 unspecified atom stereocenters. The molecule has 2 aromatic carbocycles. The molecule has 1 amide bonds. The molecule has 0 aliphatic rings. The fourth-order valence-corrected chi connectivity index (χ4v) is 1.58. The second-order valence-electron chi connectivity index (χ2n) is 3.89. The smallest absolute Gasteiger partial charge is 0.254 e. The second kappa shape index (κ2) is 5.39. The van der Waals surface area contributed by atoms with Crippen LogP contribution in [0.2, 0.25) is 0 Å². The highest BCUT2D eigenvalue weighted by molar-refractivity contribution is 5.97. The van der Waals surface area contributed by atoms with E-state index in [0.29, 0.717) is 22.7 Å². The summed E-state index contributed by atoms with van der Waals surface area (Å²) < 4.78 is 18.4. The lowest BCUT2D eigenvalue weighted by Gasteiger charge is -2.11. The molecule has 0 atom stereocenters. The summed E-state index contributed by atoms with van der Waals surface area (Å²) in [5.74, 6) is 0.117. The van der Waals surface area contributed by atoms with Crippen molar-refractivity contribution in [2.24, 2.45) is 0 Å². The van der Waals surface area contributed by atoms with Crippen molar-refractivity contribution < 1.29 is 13.9 Å². The van der Waals surface area contributed by atoms with Crippen LogP contribution in [0.3, 0.4) is 0 Å². The minimum absolute atomic E-state index is 0.280. The lowest BCUT2D eigenvalue weighted by molar-refractivity contribution is 0.0961. The maximum absolute atomic E-state index is 12.8. The molecule has 0 aliphatic carbocycles. The Morgan fingerprint density at radius 1 is 1.21 bits per heavy atom. The molecule has 0 bridgehead atoms. The number of hydrogen-bond acceptors (Lipinski definition) is 3. The standard InChI is InChI=1S/C14H13FN2O2/c1-17-14(18)12-7-4-10(16)8-13(12)19-11-5-2-9(15)3-6-11/h2-8H,16H2,1H3,(H,17,18). The van der Waals surface area contributed by atoms with Crippen LogP contribution in [0.1, 0.15) is 10.4 Å². The molecule has 0 saturated heterocycles. The Morgan fingerprint density at radius 2 is 1.89 bits per heavy atom. The molecule has 5 heteroatoms. The van der Waals surface area contributed by atoms with E-state index in [1.54, 1.807) is 18.2 Å². The average Bonchev–Trinajstić information content (AvgIpc) is 2.41. The maximum Gasteiger partial charge on any atom is 0.254 e. The van der Waals surface area contributed by atoms with E-state index in [0.717, 1.165) is 0 Å². The molecule has 0 aromatic heterocycles. The number of anilines is 1. The molecule has 2 aromatic rings. The van der Waals surface area contributed by atoms with Crippen LogP contribution in [0.4, 0.5) is 10.1 Å². The fraction of sp³-hybridized carbons (Fsp3) is 0.0714. The van der Waals surface area contributed by atoms with Crippen LogP contribution < -0.4 is 15.8 Å². The molecule has 0 saturated carbocycles. The third kappa shape index (κ3) is 3.01. The number of carbonyl (C=O) groups excluding carboxylic acids is 1. The summed E-state index contributed by atoms with van der Waals surface area (Å²) in [5, 5.41) is 2.52. The Bertz CT molecular complexity index is 597. The van der Waals surface area contributed by atoms with Gasteiger partial charge in [0, 0.05) is 18.8 Å². The SMILES string of the molecule is CNC(=O)c1ccc(N)cc1Oc1ccc(F)cc1. The predicted molar refractivity (Wildman–Crippen MR) is 70.7 cm³/mol. The Kier molecular flexibility index (Phi) is 3.66. The third-order valence-corrected chi connectivity index (χ3v) is 2.52. The highest BCUT2D eigenvalue weighted by atomic mass is 19.1. The van der Waals surface area contributed by atoms with Gasteiger partial charge >= 0.3 is 0 Å². The van der Waals surface area contributed by atoms with Gasteiger partial charge in [-0.25, -0.2) is 4.39 Å². The number of carbonyl (C=O) groups is 1. The van der Waals surface area contributed by atoms with Crippen molar-refractivity contribution in [1.82, 2.24) is 5.32 Å². The number of nitrogens with one attached hydrogen (secondary N) is 1. The van der Waals surface area contributed by atoms with Gasteiger partial charge in [-0.2, -0.15) is 0 Å². The topological polar surface area (TPSA) is 64.4 Å². The molecule has 0 heterocycles. The van der Waals surface area contributed by atoms with Gasteiger partial charge in [0.15, 0.2) is 0 Å². The molecule has 98 valence electrons. The monoisotopic (exact) mass is 260 g/mol. The molecule has 0 fully saturated rings. The van der Waals surface area contributed by atoms with Crippen molar-refractivity contribution in [2.75, 3.05) is 12.8 Å². The highest BCUT2D eigenvalue weighted by Gasteiger charge is 2.12. The number of nitrogens with two attached hydrogens (primary N) is 1. The average molecular weight is 260 g/mol. The Morgan fingerprint density at radius 3 is 2.53 bits per heavy atom. The van der Waals surface area contributed by atoms with Gasteiger partial charge in [-0.3, -0.25) is 4.79 Å². The number of benzene rings is 2. The quantitative estimate of drug-likeness (QED) is 0.833. The number of ether oxygens (including phenoxy) is 1. The molecular weight excluding hydrogens is 247 g/mol. The summed E-state index contributed by atoms with van der Waals surface area (Å²) in [6.45, 7) is 0. The number of halogens is 1. The van der Waals surface area contributed by atoms with Gasteiger partial charge in [-0.1, -0.05) is 0 Å².